The molecule has 1 aromatic rings. The maximum Gasteiger partial charge on any atom is 0.225 e. The quantitative estimate of drug-likeness (QED) is 0.875. The Labute approximate surface area is 145 Å². The molecule has 0 amide bonds. The van der Waals surface area contributed by atoms with E-state index >= 15 is 0 Å². The van der Waals surface area contributed by atoms with Crippen LogP contribution in [0.2, 0.25) is 0 Å². The molecule has 0 aromatic carbocycles. The SMILES string of the molecule is CN1CCN(c2ncc(CN3CCC(C)(CN)C3)cn2)CC1.Cl. The standard InChI is InChI=1S/C16H28N6.ClH/c1-16(12-17)3-4-21(13-16)11-14-9-18-15(19-10-14)22-7-5-20(2)6-8-22;/h9-10H,3-8,11-13,17H2,1-2H3;1H. The molecule has 0 aliphatic carbocycles. The first-order valence-electron chi connectivity index (χ1n) is 8.25. The van der Waals surface area contributed by atoms with Gasteiger partial charge in [0, 0.05) is 57.2 Å². The summed E-state index contributed by atoms with van der Waals surface area (Å²) in [5.41, 5.74) is 7.35. The fourth-order valence-electron chi connectivity index (χ4n) is 3.29. The average molecular weight is 341 g/mol. The number of likely N-dealkylation sites (N-methyl/N-ethyl adjacent to an activating group) is 1. The van der Waals surface area contributed by atoms with E-state index in [1.807, 2.05) is 12.4 Å². The van der Waals surface area contributed by atoms with E-state index in [-0.39, 0.29) is 17.8 Å². The maximum absolute atomic E-state index is 5.88. The number of likely N-dealkylation sites (tertiary alicyclic amines) is 1. The van der Waals surface area contributed by atoms with Gasteiger partial charge in [0.1, 0.15) is 0 Å². The summed E-state index contributed by atoms with van der Waals surface area (Å²) in [6.45, 7) is 10.3. The summed E-state index contributed by atoms with van der Waals surface area (Å²) in [5, 5.41) is 0. The first kappa shape index (κ1) is 18.4. The highest BCUT2D eigenvalue weighted by Gasteiger charge is 2.32. The summed E-state index contributed by atoms with van der Waals surface area (Å²) in [6.07, 6.45) is 5.15. The molecule has 0 spiro atoms. The van der Waals surface area contributed by atoms with Gasteiger partial charge in [-0.25, -0.2) is 9.97 Å². The van der Waals surface area contributed by atoms with E-state index in [0.29, 0.717) is 0 Å². The van der Waals surface area contributed by atoms with Crippen LogP contribution >= 0.6 is 12.4 Å². The molecular weight excluding hydrogens is 312 g/mol. The van der Waals surface area contributed by atoms with Gasteiger partial charge in [-0.1, -0.05) is 6.92 Å². The van der Waals surface area contributed by atoms with E-state index in [1.165, 1.54) is 12.0 Å². The molecule has 23 heavy (non-hydrogen) atoms. The Bertz CT molecular complexity index is 488. The highest BCUT2D eigenvalue weighted by molar-refractivity contribution is 5.85. The smallest absolute Gasteiger partial charge is 0.225 e. The Balaban J connectivity index is 0.00000192. The number of nitrogens with zero attached hydrogens (tertiary/aromatic N) is 5. The number of hydrogen-bond acceptors (Lipinski definition) is 6. The van der Waals surface area contributed by atoms with Crippen molar-refractivity contribution in [1.82, 2.24) is 19.8 Å². The van der Waals surface area contributed by atoms with Crippen molar-refractivity contribution in [2.75, 3.05) is 57.8 Å². The molecule has 7 heteroatoms. The maximum atomic E-state index is 5.88. The average Bonchev–Trinajstić information content (AvgIpc) is 2.91. The number of halogens is 1. The van der Waals surface area contributed by atoms with Crippen molar-refractivity contribution in [2.45, 2.75) is 19.9 Å². The Kier molecular flexibility index (Phi) is 6.19. The van der Waals surface area contributed by atoms with Gasteiger partial charge in [-0.3, -0.25) is 4.90 Å². The fourth-order valence-corrected chi connectivity index (χ4v) is 3.29. The van der Waals surface area contributed by atoms with Crippen molar-refractivity contribution in [1.29, 1.82) is 0 Å². The van der Waals surface area contributed by atoms with E-state index in [0.717, 1.165) is 58.3 Å². The van der Waals surface area contributed by atoms with Crippen LogP contribution in [-0.4, -0.2) is 72.6 Å². The third-order valence-corrected chi connectivity index (χ3v) is 5.01. The molecule has 130 valence electrons. The first-order chi connectivity index (χ1) is 10.6. The third-order valence-electron chi connectivity index (χ3n) is 5.01. The second-order valence-electron chi connectivity index (χ2n) is 7.16. The minimum Gasteiger partial charge on any atom is -0.338 e. The number of nitrogens with two attached hydrogens (primary N) is 1. The van der Waals surface area contributed by atoms with Crippen LogP contribution in [0.15, 0.2) is 12.4 Å². The third kappa shape index (κ3) is 4.53. The Morgan fingerprint density at radius 3 is 2.35 bits per heavy atom. The number of rotatable bonds is 4. The second kappa shape index (κ2) is 7.75. The van der Waals surface area contributed by atoms with Gasteiger partial charge in [-0.15, -0.1) is 12.4 Å². The van der Waals surface area contributed by atoms with Crippen LogP contribution in [0.5, 0.6) is 0 Å². The molecule has 0 bridgehead atoms. The van der Waals surface area contributed by atoms with Crippen molar-refractivity contribution in [3.8, 4) is 0 Å². The molecule has 1 atom stereocenters. The minimum atomic E-state index is 0. The summed E-state index contributed by atoms with van der Waals surface area (Å²) >= 11 is 0. The number of piperazine rings is 1. The molecule has 2 aliphatic heterocycles. The molecule has 6 nitrogen and oxygen atoms in total. The topological polar surface area (TPSA) is 61.5 Å². The zero-order valence-electron chi connectivity index (χ0n) is 14.2. The molecular formula is C16H29ClN6. The fraction of sp³-hybridized carbons (Fsp3) is 0.750. The molecule has 2 fully saturated rings. The number of aromatic nitrogens is 2. The summed E-state index contributed by atoms with van der Waals surface area (Å²) in [7, 11) is 2.16. The van der Waals surface area contributed by atoms with E-state index in [4.69, 9.17) is 5.73 Å². The zero-order chi connectivity index (χ0) is 15.6. The Morgan fingerprint density at radius 1 is 1.13 bits per heavy atom. The first-order valence-corrected chi connectivity index (χ1v) is 8.25. The van der Waals surface area contributed by atoms with Crippen LogP contribution in [0.1, 0.15) is 18.9 Å². The highest BCUT2D eigenvalue weighted by atomic mass is 35.5. The Hall–Kier alpha value is -0.950. The predicted molar refractivity (Wildman–Crippen MR) is 96.0 cm³/mol. The Morgan fingerprint density at radius 2 is 1.78 bits per heavy atom. The number of hydrogen-bond donors (Lipinski definition) is 1. The predicted octanol–water partition coefficient (Wildman–Crippen LogP) is 0.821. The van der Waals surface area contributed by atoms with Gasteiger partial charge in [0.05, 0.1) is 0 Å². The molecule has 1 unspecified atom stereocenters. The van der Waals surface area contributed by atoms with Crippen LogP contribution in [0, 0.1) is 5.41 Å². The van der Waals surface area contributed by atoms with E-state index < -0.39 is 0 Å². The largest absolute Gasteiger partial charge is 0.338 e. The van der Waals surface area contributed by atoms with Crippen LogP contribution in [0.3, 0.4) is 0 Å². The summed E-state index contributed by atoms with van der Waals surface area (Å²) < 4.78 is 0. The van der Waals surface area contributed by atoms with Crippen LogP contribution in [0.4, 0.5) is 5.95 Å². The van der Waals surface area contributed by atoms with Crippen molar-refractivity contribution < 1.29 is 0 Å². The minimum absolute atomic E-state index is 0. The second-order valence-corrected chi connectivity index (χ2v) is 7.16. The van der Waals surface area contributed by atoms with Crippen molar-refractivity contribution in [2.24, 2.45) is 11.1 Å². The van der Waals surface area contributed by atoms with E-state index in [1.54, 1.807) is 0 Å². The lowest BCUT2D eigenvalue weighted by molar-refractivity contribution is 0.274. The van der Waals surface area contributed by atoms with Gasteiger partial charge in [0.2, 0.25) is 5.95 Å². The lowest BCUT2D eigenvalue weighted by Gasteiger charge is -2.32. The van der Waals surface area contributed by atoms with Crippen LogP contribution < -0.4 is 10.6 Å². The molecule has 2 saturated heterocycles. The van der Waals surface area contributed by atoms with Crippen LogP contribution in [0.25, 0.3) is 0 Å². The van der Waals surface area contributed by atoms with Crippen molar-refractivity contribution >= 4 is 18.4 Å². The van der Waals surface area contributed by atoms with E-state index in [9.17, 15) is 0 Å². The highest BCUT2D eigenvalue weighted by Crippen LogP contribution is 2.29. The van der Waals surface area contributed by atoms with E-state index in [2.05, 4.69) is 38.6 Å². The normalized spacial score (nSPS) is 26.3. The number of anilines is 1. The van der Waals surface area contributed by atoms with Crippen molar-refractivity contribution in [3.63, 3.8) is 0 Å². The van der Waals surface area contributed by atoms with Crippen LogP contribution in [-0.2, 0) is 6.54 Å². The molecule has 2 aliphatic rings. The van der Waals surface area contributed by atoms with Gasteiger partial charge >= 0.3 is 0 Å². The molecule has 0 radical (unpaired) electrons. The van der Waals surface area contributed by atoms with Gasteiger partial charge < -0.3 is 15.5 Å². The molecule has 3 rings (SSSR count). The molecule has 2 N–H and O–H groups in total. The summed E-state index contributed by atoms with van der Waals surface area (Å²) in [6, 6.07) is 0. The van der Waals surface area contributed by atoms with Gasteiger partial charge in [-0.2, -0.15) is 0 Å². The summed E-state index contributed by atoms with van der Waals surface area (Å²) in [4.78, 5) is 16.2. The molecule has 3 heterocycles. The monoisotopic (exact) mass is 340 g/mol. The molecule has 1 aromatic heterocycles. The lowest BCUT2D eigenvalue weighted by atomic mass is 9.90. The lowest BCUT2D eigenvalue weighted by Crippen LogP contribution is -2.45. The van der Waals surface area contributed by atoms with Gasteiger partial charge in [-0.05, 0) is 32.0 Å². The van der Waals surface area contributed by atoms with Crippen molar-refractivity contribution in [3.05, 3.63) is 18.0 Å². The summed E-state index contributed by atoms with van der Waals surface area (Å²) in [5.74, 6) is 0.866. The zero-order valence-corrected chi connectivity index (χ0v) is 15.1. The van der Waals surface area contributed by atoms with Gasteiger partial charge in [0.15, 0.2) is 0 Å². The molecule has 0 saturated carbocycles. The van der Waals surface area contributed by atoms with Gasteiger partial charge in [0.25, 0.3) is 0 Å².